The minimum atomic E-state index is -0.0576. The molecule has 1 aliphatic rings. The highest BCUT2D eigenvalue weighted by molar-refractivity contribution is 7.15. The van der Waals surface area contributed by atoms with E-state index < -0.39 is 0 Å². The third-order valence-electron chi connectivity index (χ3n) is 5.36. The summed E-state index contributed by atoms with van der Waals surface area (Å²) in [6, 6.07) is 7.58. The molecule has 0 saturated heterocycles. The summed E-state index contributed by atoms with van der Waals surface area (Å²) < 4.78 is 11.0. The lowest BCUT2D eigenvalue weighted by Gasteiger charge is -2.23. The van der Waals surface area contributed by atoms with Crippen LogP contribution in [0.4, 0.5) is 5.13 Å². The summed E-state index contributed by atoms with van der Waals surface area (Å²) in [4.78, 5) is 20.7. The van der Waals surface area contributed by atoms with Gasteiger partial charge in [-0.2, -0.15) is 0 Å². The third-order valence-corrected chi connectivity index (χ3v) is 6.35. The van der Waals surface area contributed by atoms with Gasteiger partial charge in [-0.3, -0.25) is 9.69 Å². The van der Waals surface area contributed by atoms with Gasteiger partial charge in [-0.15, -0.1) is 11.3 Å². The molecule has 0 bridgehead atoms. The van der Waals surface area contributed by atoms with Crippen molar-refractivity contribution in [2.24, 2.45) is 0 Å². The van der Waals surface area contributed by atoms with E-state index in [9.17, 15) is 4.79 Å². The number of ether oxygens (including phenoxy) is 1. The number of aromatic nitrogens is 2. The molecule has 3 heterocycles. The van der Waals surface area contributed by atoms with E-state index in [1.54, 1.807) is 11.3 Å². The number of fused-ring (bicyclic) bond motifs is 1. The average Bonchev–Trinajstić information content (AvgIpc) is 3.28. The molecule has 4 rings (SSSR count). The molecule has 0 unspecified atom stereocenters. The van der Waals surface area contributed by atoms with Crippen molar-refractivity contribution in [3.8, 4) is 5.75 Å². The topological polar surface area (TPSA) is 80.5 Å². The largest absolute Gasteiger partial charge is 0.489 e. The van der Waals surface area contributed by atoms with Crippen molar-refractivity contribution in [3.63, 3.8) is 0 Å². The Balaban J connectivity index is 1.30. The summed E-state index contributed by atoms with van der Waals surface area (Å²) in [5.74, 6) is 1.46. The van der Waals surface area contributed by atoms with Crippen molar-refractivity contribution < 1.29 is 14.1 Å². The lowest BCUT2D eigenvalue weighted by atomic mass is 10.1. The summed E-state index contributed by atoms with van der Waals surface area (Å²) in [5, 5.41) is 7.58. The minimum Gasteiger partial charge on any atom is -0.489 e. The van der Waals surface area contributed by atoms with Gasteiger partial charge < -0.3 is 14.6 Å². The second-order valence-electron chi connectivity index (χ2n) is 7.47. The van der Waals surface area contributed by atoms with Crippen LogP contribution in [0.1, 0.15) is 40.1 Å². The average molecular weight is 427 g/mol. The molecule has 3 aromatic rings. The molecule has 30 heavy (non-hydrogen) atoms. The van der Waals surface area contributed by atoms with Crippen molar-refractivity contribution >= 4 is 22.4 Å². The van der Waals surface area contributed by atoms with E-state index >= 15 is 0 Å². The fraction of sp³-hybridized carbons (Fsp3) is 0.409. The van der Waals surface area contributed by atoms with Crippen molar-refractivity contribution in [1.82, 2.24) is 15.0 Å². The Hall–Kier alpha value is -2.71. The van der Waals surface area contributed by atoms with Crippen LogP contribution in [0.3, 0.4) is 0 Å². The number of thiazole rings is 1. The van der Waals surface area contributed by atoms with E-state index in [1.807, 2.05) is 38.1 Å². The molecule has 7 nitrogen and oxygen atoms in total. The van der Waals surface area contributed by atoms with Crippen LogP contribution in [0.5, 0.6) is 5.75 Å². The van der Waals surface area contributed by atoms with Crippen LogP contribution in [0.15, 0.2) is 28.8 Å². The second-order valence-corrected chi connectivity index (χ2v) is 8.55. The Labute approximate surface area is 180 Å². The van der Waals surface area contributed by atoms with Crippen LogP contribution in [0, 0.1) is 13.8 Å². The van der Waals surface area contributed by atoms with E-state index in [-0.39, 0.29) is 5.91 Å². The van der Waals surface area contributed by atoms with E-state index in [0.29, 0.717) is 18.2 Å². The summed E-state index contributed by atoms with van der Waals surface area (Å²) in [6.07, 6.45) is 1.25. The Morgan fingerprint density at radius 2 is 2.10 bits per heavy atom. The highest BCUT2D eigenvalue weighted by Gasteiger charge is 2.20. The highest BCUT2D eigenvalue weighted by Crippen LogP contribution is 2.28. The summed E-state index contributed by atoms with van der Waals surface area (Å²) in [5.41, 5.74) is 3.86. The van der Waals surface area contributed by atoms with Crippen molar-refractivity contribution in [3.05, 3.63) is 57.4 Å². The zero-order valence-corrected chi connectivity index (χ0v) is 18.3. The van der Waals surface area contributed by atoms with E-state index in [0.717, 1.165) is 60.1 Å². The number of hydrogen-bond donors (Lipinski definition) is 1. The Morgan fingerprint density at radius 1 is 1.30 bits per heavy atom. The predicted molar refractivity (Wildman–Crippen MR) is 116 cm³/mol. The summed E-state index contributed by atoms with van der Waals surface area (Å²) in [7, 11) is 0. The number of likely N-dealkylation sites (N-methyl/N-ethyl adjacent to an activating group) is 1. The molecule has 1 aliphatic heterocycles. The zero-order valence-electron chi connectivity index (χ0n) is 17.5. The lowest BCUT2D eigenvalue weighted by molar-refractivity contribution is -0.115. The third kappa shape index (κ3) is 4.71. The maximum atomic E-state index is 12.5. The molecule has 158 valence electrons. The maximum absolute atomic E-state index is 12.5. The number of nitrogens with one attached hydrogen (secondary N) is 1. The van der Waals surface area contributed by atoms with Gasteiger partial charge in [-0.05, 0) is 38.1 Å². The van der Waals surface area contributed by atoms with Crippen LogP contribution >= 0.6 is 11.3 Å². The van der Waals surface area contributed by atoms with Gasteiger partial charge >= 0.3 is 0 Å². The molecule has 1 aromatic carbocycles. The highest BCUT2D eigenvalue weighted by atomic mass is 32.1. The molecule has 0 aliphatic carbocycles. The quantitative estimate of drug-likeness (QED) is 0.617. The number of nitrogens with zero attached hydrogens (tertiary/aromatic N) is 3. The van der Waals surface area contributed by atoms with Crippen LogP contribution in [0.2, 0.25) is 0 Å². The van der Waals surface area contributed by atoms with Gasteiger partial charge in [0.1, 0.15) is 18.1 Å². The molecular weight excluding hydrogens is 400 g/mol. The molecule has 0 saturated carbocycles. The van der Waals surface area contributed by atoms with Gasteiger partial charge in [0.2, 0.25) is 5.91 Å². The molecule has 0 spiro atoms. The van der Waals surface area contributed by atoms with E-state index in [1.165, 1.54) is 4.88 Å². The first kappa shape index (κ1) is 20.6. The fourth-order valence-electron chi connectivity index (χ4n) is 3.49. The molecule has 1 N–H and O–H groups in total. The molecule has 1 amide bonds. The fourth-order valence-corrected chi connectivity index (χ4v) is 4.55. The van der Waals surface area contributed by atoms with Crippen molar-refractivity contribution in [1.29, 1.82) is 0 Å². The van der Waals surface area contributed by atoms with Gasteiger partial charge in [0.25, 0.3) is 0 Å². The number of carbonyl (C=O) groups excluding carboxylic acids is 1. The van der Waals surface area contributed by atoms with Crippen LogP contribution in [0.25, 0.3) is 0 Å². The number of amides is 1. The van der Waals surface area contributed by atoms with E-state index in [2.05, 4.69) is 27.3 Å². The molecular formula is C22H26N4O3S. The van der Waals surface area contributed by atoms with Gasteiger partial charge in [0.05, 0.1) is 23.4 Å². The van der Waals surface area contributed by atoms with Crippen molar-refractivity contribution in [2.75, 3.05) is 18.4 Å². The Kier molecular flexibility index (Phi) is 6.15. The zero-order chi connectivity index (χ0) is 21.1. The molecule has 0 atom stereocenters. The van der Waals surface area contributed by atoms with Gasteiger partial charge in [0.15, 0.2) is 5.13 Å². The second kappa shape index (κ2) is 8.97. The van der Waals surface area contributed by atoms with Crippen LogP contribution in [-0.4, -0.2) is 34.0 Å². The van der Waals surface area contributed by atoms with Gasteiger partial charge in [-0.1, -0.05) is 24.2 Å². The van der Waals surface area contributed by atoms with E-state index in [4.69, 9.17) is 9.26 Å². The Bertz CT molecular complexity index is 1010. The van der Waals surface area contributed by atoms with Crippen molar-refractivity contribution in [2.45, 2.75) is 46.8 Å². The molecule has 0 radical (unpaired) electrons. The maximum Gasteiger partial charge on any atom is 0.230 e. The minimum absolute atomic E-state index is 0.0576. The number of rotatable bonds is 7. The number of carbonyl (C=O) groups is 1. The first-order chi connectivity index (χ1) is 14.5. The van der Waals surface area contributed by atoms with Crippen LogP contribution < -0.4 is 10.1 Å². The van der Waals surface area contributed by atoms with Crippen LogP contribution in [-0.2, 0) is 30.8 Å². The molecule has 8 heteroatoms. The number of hydrogen-bond acceptors (Lipinski definition) is 7. The SMILES string of the molecule is CCN1CCc2nc(NC(=O)Cc3ccc(OCc4c(C)noc4C)cc3)sc2C1. The first-order valence-corrected chi connectivity index (χ1v) is 11.0. The van der Waals surface area contributed by atoms with Gasteiger partial charge in [-0.25, -0.2) is 4.98 Å². The van der Waals surface area contributed by atoms with Gasteiger partial charge in [0, 0.05) is 24.4 Å². The number of anilines is 1. The smallest absolute Gasteiger partial charge is 0.230 e. The molecule has 0 fully saturated rings. The monoisotopic (exact) mass is 426 g/mol. The summed E-state index contributed by atoms with van der Waals surface area (Å²) >= 11 is 1.59. The normalized spacial score (nSPS) is 13.8. The predicted octanol–water partition coefficient (Wildman–Crippen LogP) is 3.89. The first-order valence-electron chi connectivity index (χ1n) is 10.2. The lowest BCUT2D eigenvalue weighted by Crippen LogP contribution is -2.29. The number of aryl methyl sites for hydroxylation is 2. The number of benzene rings is 1. The summed E-state index contributed by atoms with van der Waals surface area (Å²) in [6.45, 7) is 9.35. The Morgan fingerprint density at radius 3 is 2.80 bits per heavy atom. The standard InChI is InChI=1S/C22H26N4O3S/c1-4-26-10-9-19-20(12-26)30-22(23-19)24-21(27)11-16-5-7-17(8-6-16)28-13-18-14(2)25-29-15(18)3/h5-8H,4,9-13H2,1-3H3,(H,23,24,27). The molecule has 2 aromatic heterocycles.